The van der Waals surface area contributed by atoms with Gasteiger partial charge in [-0.3, -0.25) is 9.59 Å². The van der Waals surface area contributed by atoms with E-state index < -0.39 is 16.9 Å². The summed E-state index contributed by atoms with van der Waals surface area (Å²) >= 11 is 0. The van der Waals surface area contributed by atoms with Crippen LogP contribution in [0, 0.1) is 16.6 Å². The molecule has 0 aromatic heterocycles. The van der Waals surface area contributed by atoms with Gasteiger partial charge in [0.15, 0.2) is 10.9 Å². The van der Waals surface area contributed by atoms with E-state index in [1.165, 1.54) is 24.3 Å². The van der Waals surface area contributed by atoms with Crippen molar-refractivity contribution in [2.45, 2.75) is 0 Å². The van der Waals surface area contributed by atoms with Crippen LogP contribution >= 0.6 is 0 Å². The zero-order chi connectivity index (χ0) is 15.3. The summed E-state index contributed by atoms with van der Waals surface area (Å²) in [5, 5.41) is 0.0908. The second-order valence-corrected chi connectivity index (χ2v) is 4.85. The Morgan fingerprint density at radius 2 is 1.68 bits per heavy atom. The van der Waals surface area contributed by atoms with E-state index in [1.807, 2.05) is 0 Å². The molecule has 0 saturated carbocycles. The first-order chi connectivity index (χ1) is 10.6. The Morgan fingerprint density at radius 1 is 0.955 bits per heavy atom. The van der Waals surface area contributed by atoms with Crippen LogP contribution in [-0.2, 0) is 0 Å². The van der Waals surface area contributed by atoms with Crippen LogP contribution in [-0.4, -0.2) is 9.55 Å². The Hall–Kier alpha value is -3.15. The van der Waals surface area contributed by atoms with Crippen LogP contribution in [0.1, 0.15) is 0 Å². The number of fused-ring (bicyclic) bond motifs is 1. The Bertz CT molecular complexity index is 1100. The summed E-state index contributed by atoms with van der Waals surface area (Å²) in [7, 11) is 0. The van der Waals surface area contributed by atoms with Gasteiger partial charge in [-0.2, -0.15) is 0 Å². The Balaban J connectivity index is 2.14. The average molecular weight is 296 g/mol. The highest BCUT2D eigenvalue weighted by Crippen LogP contribution is 2.11. The van der Waals surface area contributed by atoms with Gasteiger partial charge in [0.2, 0.25) is 5.42 Å². The highest BCUT2D eigenvalue weighted by atomic mass is 19.1. The van der Waals surface area contributed by atoms with Gasteiger partial charge in [0.25, 0.3) is 5.56 Å². The molecule has 108 valence electrons. The highest BCUT2D eigenvalue weighted by Gasteiger charge is 2.14. The van der Waals surface area contributed by atoms with Gasteiger partial charge in [-0.05, 0) is 36.4 Å². The molecule has 22 heavy (non-hydrogen) atoms. The number of para-hydroxylation sites is 2. The molecule has 0 amide bonds. The quantitative estimate of drug-likeness (QED) is 0.585. The van der Waals surface area contributed by atoms with E-state index in [0.717, 1.165) is 4.57 Å². The normalized spacial score (nSPS) is 11.3. The lowest BCUT2D eigenvalue weighted by atomic mass is 10.3. The predicted molar refractivity (Wildman–Crippen MR) is 77.7 cm³/mol. The Morgan fingerprint density at radius 3 is 2.45 bits per heavy atom. The van der Waals surface area contributed by atoms with Crippen LogP contribution in [0.5, 0.6) is 0 Å². The molecule has 2 aliphatic heterocycles. The third kappa shape index (κ3) is 1.70. The first-order valence-corrected chi connectivity index (χ1v) is 6.58. The van der Waals surface area contributed by atoms with Crippen molar-refractivity contribution < 1.29 is 8.81 Å². The molecule has 2 aromatic carbocycles. The summed E-state index contributed by atoms with van der Waals surface area (Å²) in [6.45, 7) is 0. The lowest BCUT2D eigenvalue weighted by Gasteiger charge is -1.98. The minimum Gasteiger partial charge on any atom is -0.447 e. The average Bonchev–Trinajstić information content (AvgIpc) is 2.78. The van der Waals surface area contributed by atoms with Crippen LogP contribution in [0.15, 0.2) is 62.5 Å². The van der Waals surface area contributed by atoms with Crippen LogP contribution < -0.4 is 11.1 Å². The van der Waals surface area contributed by atoms with Crippen molar-refractivity contribution in [2.75, 3.05) is 0 Å². The van der Waals surface area contributed by atoms with Crippen molar-refractivity contribution in [3.8, 4) is 5.69 Å². The topological polar surface area (TPSA) is 68.0 Å². The minimum absolute atomic E-state index is 0.0481. The first-order valence-electron chi connectivity index (χ1n) is 6.58. The number of aromatic amines is 1. The van der Waals surface area contributed by atoms with Crippen LogP contribution in [0.2, 0.25) is 0 Å². The summed E-state index contributed by atoms with van der Waals surface area (Å²) in [4.78, 5) is 27.8. The molecule has 0 unspecified atom stereocenters. The van der Waals surface area contributed by atoms with Gasteiger partial charge in [0.05, 0.1) is 11.2 Å². The number of aromatic nitrogens is 2. The maximum absolute atomic E-state index is 13.0. The molecule has 2 aromatic rings. The SMILES string of the molecule is O=c1c2[nH]c3ccccc3oc=2c(=O)n1-c1ccc(F)cc1. The van der Waals surface area contributed by atoms with Gasteiger partial charge >= 0.3 is 5.56 Å². The van der Waals surface area contributed by atoms with Crippen molar-refractivity contribution >= 4 is 11.1 Å². The number of halogens is 1. The van der Waals surface area contributed by atoms with Crippen molar-refractivity contribution in [3.05, 3.63) is 85.8 Å². The molecule has 0 atom stereocenters. The monoisotopic (exact) mass is 296 g/mol. The van der Waals surface area contributed by atoms with Gasteiger partial charge in [-0.1, -0.05) is 12.1 Å². The zero-order valence-electron chi connectivity index (χ0n) is 11.2. The van der Waals surface area contributed by atoms with E-state index >= 15 is 0 Å². The summed E-state index contributed by atoms with van der Waals surface area (Å²) in [6.07, 6.45) is 0. The van der Waals surface area contributed by atoms with E-state index in [-0.39, 0.29) is 10.8 Å². The second-order valence-electron chi connectivity index (χ2n) is 4.85. The molecule has 0 spiro atoms. The molecule has 4 rings (SSSR count). The maximum atomic E-state index is 13.0. The van der Waals surface area contributed by atoms with E-state index in [1.54, 1.807) is 24.3 Å². The van der Waals surface area contributed by atoms with Gasteiger partial charge in [-0.15, -0.1) is 0 Å². The van der Waals surface area contributed by atoms with Crippen molar-refractivity contribution in [1.29, 1.82) is 0 Å². The fourth-order valence-corrected chi connectivity index (χ4v) is 2.44. The lowest BCUT2D eigenvalue weighted by molar-refractivity contribution is 0.556. The molecule has 0 aliphatic carbocycles. The zero-order valence-corrected chi connectivity index (χ0v) is 11.2. The number of benzene rings is 2. The van der Waals surface area contributed by atoms with Crippen molar-refractivity contribution in [1.82, 2.24) is 9.55 Å². The Labute approximate surface area is 121 Å². The highest BCUT2D eigenvalue weighted by molar-refractivity contribution is 5.71. The molecular formula is C16H9FN2O3. The minimum atomic E-state index is -0.575. The summed E-state index contributed by atoms with van der Waals surface area (Å²) < 4.78 is 19.5. The summed E-state index contributed by atoms with van der Waals surface area (Å²) in [6, 6.07) is 12.1. The predicted octanol–water partition coefficient (Wildman–Crippen LogP) is 2.14. The molecule has 0 radical (unpaired) electrons. The van der Waals surface area contributed by atoms with E-state index in [4.69, 9.17) is 4.42 Å². The number of H-pyrrole nitrogens is 1. The fraction of sp³-hybridized carbons (Fsp3) is 0. The third-order valence-electron chi connectivity index (χ3n) is 3.48. The van der Waals surface area contributed by atoms with Crippen LogP contribution in [0.4, 0.5) is 4.39 Å². The standard InChI is InChI=1S/C16H9FN2O3/c17-9-5-7-10(8-6-9)19-15(20)13-14(16(19)21)22-12-4-2-1-3-11(12)18-13/h1-8,18H. The third-order valence-corrected chi connectivity index (χ3v) is 3.48. The van der Waals surface area contributed by atoms with Crippen LogP contribution in [0.25, 0.3) is 16.8 Å². The second kappa shape index (κ2) is 4.42. The molecule has 0 bridgehead atoms. The summed E-state index contributed by atoms with van der Waals surface area (Å²) in [5.74, 6) is -0.442. The first kappa shape index (κ1) is 12.6. The maximum Gasteiger partial charge on any atom is 0.303 e. The van der Waals surface area contributed by atoms with Gasteiger partial charge < -0.3 is 9.40 Å². The molecule has 2 aliphatic rings. The Kier molecular flexibility index (Phi) is 2.53. The molecule has 0 fully saturated rings. The smallest absolute Gasteiger partial charge is 0.303 e. The molecule has 6 heteroatoms. The summed E-state index contributed by atoms with van der Waals surface area (Å²) in [5.41, 5.74) is 0.231. The molecule has 0 saturated heterocycles. The number of rotatable bonds is 1. The molecule has 2 heterocycles. The number of hydrogen-bond acceptors (Lipinski definition) is 3. The largest absolute Gasteiger partial charge is 0.447 e. The number of hydrogen-bond donors (Lipinski definition) is 1. The molecular weight excluding hydrogens is 287 g/mol. The van der Waals surface area contributed by atoms with E-state index in [0.29, 0.717) is 16.8 Å². The lowest BCUT2D eigenvalue weighted by Crippen LogP contribution is -2.24. The van der Waals surface area contributed by atoms with Crippen LogP contribution in [0.3, 0.4) is 0 Å². The fourth-order valence-electron chi connectivity index (χ4n) is 2.44. The molecule has 5 nitrogen and oxygen atoms in total. The number of nitrogens with one attached hydrogen (secondary N) is 1. The van der Waals surface area contributed by atoms with Gasteiger partial charge in [0.1, 0.15) is 5.82 Å². The number of nitrogens with zero attached hydrogens (tertiary/aromatic N) is 1. The molecule has 1 N–H and O–H groups in total. The van der Waals surface area contributed by atoms with Gasteiger partial charge in [0, 0.05) is 0 Å². The van der Waals surface area contributed by atoms with Gasteiger partial charge in [-0.25, -0.2) is 8.96 Å². The van der Waals surface area contributed by atoms with E-state index in [2.05, 4.69) is 4.98 Å². The van der Waals surface area contributed by atoms with Crippen molar-refractivity contribution in [2.24, 2.45) is 0 Å². The van der Waals surface area contributed by atoms with Crippen molar-refractivity contribution in [3.63, 3.8) is 0 Å². The van der Waals surface area contributed by atoms with E-state index in [9.17, 15) is 14.0 Å².